The standard InChI is InChI=1S/C11H24O5Si5/c1-3-4-5-6-7-8-9-10-11-21(2)15-19-13-17-12-18-14-20-16-21/h3-11H2,1-2H3. The highest BCUT2D eigenvalue weighted by atomic mass is 28.5. The first kappa shape index (κ1) is 19.9. The molecular weight excluding hydrogens is 353 g/mol. The second kappa shape index (κ2) is 13.3. The van der Waals surface area contributed by atoms with Gasteiger partial charge in [-0.25, -0.2) is 0 Å². The van der Waals surface area contributed by atoms with Crippen LogP contribution >= 0.6 is 0 Å². The Bertz CT molecular complexity index is 239. The molecule has 0 unspecified atom stereocenters. The van der Waals surface area contributed by atoms with Gasteiger partial charge < -0.3 is 20.6 Å². The van der Waals surface area contributed by atoms with E-state index >= 15 is 0 Å². The van der Waals surface area contributed by atoms with E-state index in [1.165, 1.54) is 51.4 Å². The largest absolute Gasteiger partial charge is 0.414 e. The van der Waals surface area contributed by atoms with E-state index in [2.05, 4.69) is 13.5 Å². The number of rotatable bonds is 9. The monoisotopic (exact) mass is 376 g/mol. The van der Waals surface area contributed by atoms with E-state index in [0.29, 0.717) is 0 Å². The number of unbranched alkanes of at least 4 members (excludes halogenated alkanes) is 7. The van der Waals surface area contributed by atoms with Crippen molar-refractivity contribution in [2.45, 2.75) is 70.9 Å². The lowest BCUT2D eigenvalue weighted by atomic mass is 10.1. The van der Waals surface area contributed by atoms with Crippen LogP contribution in [0.5, 0.6) is 0 Å². The van der Waals surface area contributed by atoms with Gasteiger partial charge in [0.1, 0.15) is 0 Å². The molecule has 0 aromatic rings. The molecule has 21 heavy (non-hydrogen) atoms. The zero-order valence-corrected chi connectivity index (χ0v) is 17.9. The Balaban J connectivity index is 2.08. The van der Waals surface area contributed by atoms with E-state index in [0.717, 1.165) is 6.04 Å². The number of hydrogen-bond acceptors (Lipinski definition) is 5. The molecule has 1 saturated heterocycles. The molecule has 1 heterocycles. The summed E-state index contributed by atoms with van der Waals surface area (Å²) in [5.74, 6) is 0. The Hall–Kier alpha value is 0.884. The molecule has 0 amide bonds. The third-order valence-electron chi connectivity index (χ3n) is 3.25. The summed E-state index contributed by atoms with van der Waals surface area (Å²) in [7, 11) is -2.07. The molecule has 10 heteroatoms. The van der Waals surface area contributed by atoms with E-state index < -0.39 is 8.56 Å². The molecule has 1 rings (SSSR count). The molecular formula is C11H24O5Si5. The highest BCUT2D eigenvalue weighted by Gasteiger charge is 2.32. The lowest BCUT2D eigenvalue weighted by molar-refractivity contribution is 0.313. The van der Waals surface area contributed by atoms with E-state index in [9.17, 15) is 0 Å². The van der Waals surface area contributed by atoms with E-state index in [1.807, 2.05) is 0 Å². The Kier molecular flexibility index (Phi) is 12.7. The smallest absolute Gasteiger partial charge is 0.412 e. The molecule has 0 aromatic carbocycles. The quantitative estimate of drug-likeness (QED) is 0.457. The van der Waals surface area contributed by atoms with Crippen LogP contribution in [0.1, 0.15) is 58.3 Å². The third-order valence-corrected chi connectivity index (χ3v) is 10.6. The van der Waals surface area contributed by atoms with Crippen molar-refractivity contribution in [3.63, 3.8) is 0 Å². The van der Waals surface area contributed by atoms with Gasteiger partial charge in [-0.15, -0.1) is 0 Å². The molecule has 1 aliphatic rings. The fourth-order valence-corrected chi connectivity index (χ4v) is 8.25. The summed E-state index contributed by atoms with van der Waals surface area (Å²) in [6.45, 7) is 4.36. The minimum atomic E-state index is -2.13. The molecule has 0 bridgehead atoms. The van der Waals surface area contributed by atoms with Crippen LogP contribution in [0.4, 0.5) is 0 Å². The Morgan fingerprint density at radius 2 is 1.14 bits per heavy atom. The summed E-state index contributed by atoms with van der Waals surface area (Å²) in [5, 5.41) is 0. The van der Waals surface area contributed by atoms with Crippen molar-refractivity contribution in [3.05, 3.63) is 0 Å². The molecule has 118 valence electrons. The summed E-state index contributed by atoms with van der Waals surface area (Å²) in [4.78, 5) is 0. The fraction of sp³-hybridized carbons (Fsp3) is 1.00. The Morgan fingerprint density at radius 3 is 1.71 bits per heavy atom. The van der Waals surface area contributed by atoms with Crippen LogP contribution in [-0.2, 0) is 20.6 Å². The summed E-state index contributed by atoms with van der Waals surface area (Å²) in [6.07, 6.45) is 10.6. The second-order valence-corrected chi connectivity index (χ2v) is 12.7. The maximum Gasteiger partial charge on any atom is 0.412 e. The van der Waals surface area contributed by atoms with Crippen LogP contribution in [0.3, 0.4) is 0 Å². The molecule has 0 saturated carbocycles. The number of hydrogen-bond donors (Lipinski definition) is 0. The maximum absolute atomic E-state index is 5.84. The Morgan fingerprint density at radius 1 is 0.667 bits per heavy atom. The zero-order valence-electron chi connectivity index (χ0n) is 12.9. The van der Waals surface area contributed by atoms with Crippen molar-refractivity contribution in [1.29, 1.82) is 0 Å². The highest BCUT2D eigenvalue weighted by Crippen LogP contribution is 2.18. The average molecular weight is 377 g/mol. The van der Waals surface area contributed by atoms with Crippen LogP contribution in [0.15, 0.2) is 0 Å². The summed E-state index contributed by atoms with van der Waals surface area (Å²) >= 11 is 0. The molecule has 1 fully saturated rings. The van der Waals surface area contributed by atoms with Crippen LogP contribution in [0.2, 0.25) is 12.6 Å². The van der Waals surface area contributed by atoms with Crippen molar-refractivity contribution >= 4 is 48.6 Å². The van der Waals surface area contributed by atoms with Crippen molar-refractivity contribution in [3.8, 4) is 0 Å². The molecule has 0 aromatic heterocycles. The minimum Gasteiger partial charge on any atom is -0.414 e. The van der Waals surface area contributed by atoms with Crippen LogP contribution in [0, 0.1) is 0 Å². The lowest BCUT2D eigenvalue weighted by Crippen LogP contribution is -2.43. The van der Waals surface area contributed by atoms with Gasteiger partial charge in [0.05, 0.1) is 0 Å². The van der Waals surface area contributed by atoms with Crippen molar-refractivity contribution in [2.75, 3.05) is 0 Å². The van der Waals surface area contributed by atoms with Crippen molar-refractivity contribution in [1.82, 2.24) is 0 Å². The van der Waals surface area contributed by atoms with Gasteiger partial charge in [0.25, 0.3) is 0 Å². The zero-order chi connectivity index (χ0) is 15.2. The first-order valence-electron chi connectivity index (χ1n) is 7.60. The average Bonchev–Trinajstić information content (AvgIpc) is 2.49. The van der Waals surface area contributed by atoms with Gasteiger partial charge in [-0.1, -0.05) is 58.3 Å². The molecule has 5 nitrogen and oxygen atoms in total. The second-order valence-electron chi connectivity index (χ2n) is 5.20. The molecule has 0 aliphatic carbocycles. The maximum atomic E-state index is 5.84. The fourth-order valence-electron chi connectivity index (χ4n) is 2.01. The Labute approximate surface area is 140 Å². The van der Waals surface area contributed by atoms with Crippen molar-refractivity contribution in [2.24, 2.45) is 0 Å². The van der Waals surface area contributed by atoms with Crippen LogP contribution < -0.4 is 0 Å². The van der Waals surface area contributed by atoms with Gasteiger partial charge in [0.2, 0.25) is 0 Å². The van der Waals surface area contributed by atoms with Crippen molar-refractivity contribution < 1.29 is 20.6 Å². The molecule has 1 aliphatic heterocycles. The lowest BCUT2D eigenvalue weighted by Gasteiger charge is -2.26. The van der Waals surface area contributed by atoms with Crippen LogP contribution in [0.25, 0.3) is 0 Å². The molecule has 0 atom stereocenters. The minimum absolute atomic E-state index is 0.00640. The first-order chi connectivity index (χ1) is 10.3. The predicted octanol–water partition coefficient (Wildman–Crippen LogP) is 2.43. The van der Waals surface area contributed by atoms with Gasteiger partial charge in [0.15, 0.2) is 0 Å². The predicted molar refractivity (Wildman–Crippen MR) is 87.5 cm³/mol. The van der Waals surface area contributed by atoms with E-state index in [4.69, 9.17) is 20.6 Å². The SMILES string of the molecule is CCCCCCCCCC[Si]1(C)O[Si]O[Si]O[Si]O[Si]O1. The third kappa shape index (κ3) is 11.1. The molecule has 0 N–H and O–H groups in total. The summed E-state index contributed by atoms with van der Waals surface area (Å²) in [6, 6.07) is 1.02. The first-order valence-corrected chi connectivity index (χ1v) is 13.4. The van der Waals surface area contributed by atoms with Gasteiger partial charge in [-0.05, 0) is 12.6 Å². The van der Waals surface area contributed by atoms with Gasteiger partial charge in [-0.2, -0.15) is 0 Å². The van der Waals surface area contributed by atoms with Gasteiger partial charge in [0, 0.05) is 0 Å². The summed E-state index contributed by atoms with van der Waals surface area (Å²) in [5.41, 5.74) is 0. The van der Waals surface area contributed by atoms with E-state index in [-0.39, 0.29) is 40.0 Å². The topological polar surface area (TPSA) is 46.2 Å². The molecule has 8 radical (unpaired) electrons. The van der Waals surface area contributed by atoms with Gasteiger partial charge in [-0.3, -0.25) is 0 Å². The molecule has 0 spiro atoms. The highest BCUT2D eigenvalue weighted by molar-refractivity contribution is 6.74. The van der Waals surface area contributed by atoms with E-state index in [1.54, 1.807) is 0 Å². The van der Waals surface area contributed by atoms with Crippen LogP contribution in [-0.4, -0.2) is 48.6 Å². The van der Waals surface area contributed by atoms with Gasteiger partial charge >= 0.3 is 48.6 Å². The summed E-state index contributed by atoms with van der Waals surface area (Å²) < 4.78 is 27.4. The normalized spacial score (nSPS) is 20.3.